The average molecular weight is 328 g/mol. The molecule has 4 heteroatoms. The standard InChI is InChI=1S/C15H22BrNO2/c1-5-10-9-11(18-3)14(19-4)12(13(10)16)15(2)7-6-8-17-15/h9,17H,5-8H2,1-4H3. The van der Waals surface area contributed by atoms with Crippen LogP contribution in [0.1, 0.15) is 37.8 Å². The summed E-state index contributed by atoms with van der Waals surface area (Å²) in [5.41, 5.74) is 2.38. The summed E-state index contributed by atoms with van der Waals surface area (Å²) in [5, 5.41) is 3.60. The van der Waals surface area contributed by atoms with Crippen molar-refractivity contribution in [1.29, 1.82) is 0 Å². The average Bonchev–Trinajstić information content (AvgIpc) is 2.85. The Morgan fingerprint density at radius 1 is 1.37 bits per heavy atom. The summed E-state index contributed by atoms with van der Waals surface area (Å²) in [7, 11) is 3.40. The molecule has 1 saturated heterocycles. The van der Waals surface area contributed by atoms with Crippen molar-refractivity contribution < 1.29 is 9.47 Å². The third-order valence-electron chi connectivity index (χ3n) is 3.98. The first-order chi connectivity index (χ1) is 9.07. The maximum atomic E-state index is 5.63. The topological polar surface area (TPSA) is 30.5 Å². The number of hydrogen-bond acceptors (Lipinski definition) is 3. The molecule has 0 bridgehead atoms. The third kappa shape index (κ3) is 2.48. The number of halogens is 1. The predicted molar refractivity (Wildman–Crippen MR) is 81.2 cm³/mol. The minimum absolute atomic E-state index is 0.0529. The number of rotatable bonds is 4. The molecule has 1 N–H and O–H groups in total. The van der Waals surface area contributed by atoms with E-state index in [1.165, 1.54) is 17.5 Å². The van der Waals surface area contributed by atoms with E-state index in [1.54, 1.807) is 14.2 Å². The van der Waals surface area contributed by atoms with Crippen LogP contribution in [0.4, 0.5) is 0 Å². The molecule has 0 amide bonds. The van der Waals surface area contributed by atoms with Gasteiger partial charge in [0.1, 0.15) is 0 Å². The smallest absolute Gasteiger partial charge is 0.166 e. The van der Waals surface area contributed by atoms with Crippen molar-refractivity contribution >= 4 is 15.9 Å². The van der Waals surface area contributed by atoms with Crippen molar-refractivity contribution in [3.63, 3.8) is 0 Å². The van der Waals surface area contributed by atoms with E-state index in [1.807, 2.05) is 0 Å². The Morgan fingerprint density at radius 2 is 2.11 bits per heavy atom. The van der Waals surface area contributed by atoms with E-state index in [2.05, 4.69) is 41.2 Å². The molecule has 0 aliphatic carbocycles. The molecule has 19 heavy (non-hydrogen) atoms. The molecule has 1 heterocycles. The fourth-order valence-electron chi connectivity index (χ4n) is 2.88. The Balaban J connectivity index is 2.68. The molecule has 0 radical (unpaired) electrons. The summed E-state index contributed by atoms with van der Waals surface area (Å²) < 4.78 is 12.3. The van der Waals surface area contributed by atoms with Gasteiger partial charge in [0.15, 0.2) is 11.5 Å². The largest absolute Gasteiger partial charge is 0.493 e. The SMILES string of the molecule is CCc1cc(OC)c(OC)c(C2(C)CCCN2)c1Br. The summed E-state index contributed by atoms with van der Waals surface area (Å²) in [6, 6.07) is 2.06. The first-order valence-electron chi connectivity index (χ1n) is 6.76. The highest BCUT2D eigenvalue weighted by Gasteiger charge is 2.36. The van der Waals surface area contributed by atoms with Crippen LogP contribution in [0.15, 0.2) is 10.5 Å². The minimum Gasteiger partial charge on any atom is -0.493 e. The monoisotopic (exact) mass is 327 g/mol. The number of methoxy groups -OCH3 is 2. The van der Waals surface area contributed by atoms with Crippen molar-refractivity contribution in [3.8, 4) is 11.5 Å². The van der Waals surface area contributed by atoms with E-state index in [4.69, 9.17) is 9.47 Å². The molecule has 1 unspecified atom stereocenters. The van der Waals surface area contributed by atoms with E-state index >= 15 is 0 Å². The molecule has 0 saturated carbocycles. The Kier molecular flexibility index (Phi) is 4.41. The lowest BCUT2D eigenvalue weighted by molar-refractivity contribution is 0.332. The van der Waals surface area contributed by atoms with E-state index in [0.717, 1.165) is 35.4 Å². The molecule has 2 rings (SSSR count). The third-order valence-corrected chi connectivity index (χ3v) is 4.89. The first kappa shape index (κ1) is 14.7. The van der Waals surface area contributed by atoms with Gasteiger partial charge in [-0.1, -0.05) is 22.9 Å². The molecular formula is C15H22BrNO2. The maximum Gasteiger partial charge on any atom is 0.166 e. The quantitative estimate of drug-likeness (QED) is 0.916. The number of benzene rings is 1. The molecule has 1 aliphatic heterocycles. The normalized spacial score (nSPS) is 22.6. The summed E-state index contributed by atoms with van der Waals surface area (Å²) in [6.45, 7) is 5.44. The second-order valence-electron chi connectivity index (χ2n) is 5.18. The van der Waals surface area contributed by atoms with Gasteiger partial charge >= 0.3 is 0 Å². The molecule has 1 aromatic carbocycles. The maximum absolute atomic E-state index is 5.63. The Morgan fingerprint density at radius 3 is 2.58 bits per heavy atom. The Bertz CT molecular complexity index is 468. The lowest BCUT2D eigenvalue weighted by atomic mass is 9.88. The molecule has 106 valence electrons. The molecule has 1 atom stereocenters. The Hall–Kier alpha value is -0.740. The molecule has 0 aromatic heterocycles. The van der Waals surface area contributed by atoms with E-state index < -0.39 is 0 Å². The van der Waals surface area contributed by atoms with Crippen molar-refractivity contribution in [2.45, 2.75) is 38.6 Å². The van der Waals surface area contributed by atoms with Crippen molar-refractivity contribution in [2.75, 3.05) is 20.8 Å². The molecule has 0 spiro atoms. The van der Waals surface area contributed by atoms with Crippen LogP contribution < -0.4 is 14.8 Å². The highest BCUT2D eigenvalue weighted by molar-refractivity contribution is 9.10. The molecular weight excluding hydrogens is 306 g/mol. The van der Waals surface area contributed by atoms with Gasteiger partial charge < -0.3 is 14.8 Å². The van der Waals surface area contributed by atoms with Gasteiger partial charge in [-0.2, -0.15) is 0 Å². The second kappa shape index (κ2) is 5.71. The van der Waals surface area contributed by atoms with Crippen LogP contribution in [0.25, 0.3) is 0 Å². The van der Waals surface area contributed by atoms with Crippen molar-refractivity contribution in [1.82, 2.24) is 5.32 Å². The van der Waals surface area contributed by atoms with Crippen molar-refractivity contribution in [2.24, 2.45) is 0 Å². The molecule has 3 nitrogen and oxygen atoms in total. The zero-order valence-corrected chi connectivity index (χ0v) is 13.7. The first-order valence-corrected chi connectivity index (χ1v) is 7.55. The van der Waals surface area contributed by atoms with Crippen molar-refractivity contribution in [3.05, 3.63) is 21.7 Å². The van der Waals surface area contributed by atoms with Crippen LogP contribution in [0.5, 0.6) is 11.5 Å². The van der Waals surface area contributed by atoms with Crippen LogP contribution >= 0.6 is 15.9 Å². The summed E-state index contributed by atoms with van der Waals surface area (Å²) in [4.78, 5) is 0. The zero-order chi connectivity index (χ0) is 14.0. The van der Waals surface area contributed by atoms with Gasteiger partial charge in [-0.3, -0.25) is 0 Å². The van der Waals surface area contributed by atoms with Crippen LogP contribution in [0, 0.1) is 0 Å². The number of nitrogens with one attached hydrogen (secondary N) is 1. The summed E-state index contributed by atoms with van der Waals surface area (Å²) >= 11 is 3.77. The molecule has 1 aromatic rings. The highest BCUT2D eigenvalue weighted by atomic mass is 79.9. The predicted octanol–water partition coefficient (Wildman–Crippen LogP) is 3.63. The highest BCUT2D eigenvalue weighted by Crippen LogP contribution is 2.47. The molecule has 1 fully saturated rings. The van der Waals surface area contributed by atoms with Gasteiger partial charge in [0.05, 0.1) is 14.2 Å². The number of aryl methyl sites for hydroxylation is 1. The van der Waals surface area contributed by atoms with Gasteiger partial charge in [0, 0.05) is 15.6 Å². The fourth-order valence-corrected chi connectivity index (χ4v) is 3.90. The van der Waals surface area contributed by atoms with Crippen LogP contribution in [0.3, 0.4) is 0 Å². The van der Waals surface area contributed by atoms with Gasteiger partial charge in [-0.05, 0) is 44.4 Å². The van der Waals surface area contributed by atoms with Gasteiger partial charge in [0.25, 0.3) is 0 Å². The second-order valence-corrected chi connectivity index (χ2v) is 5.97. The Labute approximate surface area is 123 Å². The lowest BCUT2D eigenvalue weighted by Gasteiger charge is -2.30. The fraction of sp³-hybridized carbons (Fsp3) is 0.600. The van der Waals surface area contributed by atoms with Crippen LogP contribution in [-0.2, 0) is 12.0 Å². The van der Waals surface area contributed by atoms with Gasteiger partial charge in [0.2, 0.25) is 0 Å². The van der Waals surface area contributed by atoms with Gasteiger partial charge in [-0.25, -0.2) is 0 Å². The number of hydrogen-bond donors (Lipinski definition) is 1. The van der Waals surface area contributed by atoms with Crippen LogP contribution in [-0.4, -0.2) is 20.8 Å². The number of ether oxygens (including phenoxy) is 2. The lowest BCUT2D eigenvalue weighted by Crippen LogP contribution is -2.34. The van der Waals surface area contributed by atoms with Crippen LogP contribution in [0.2, 0.25) is 0 Å². The van der Waals surface area contributed by atoms with Gasteiger partial charge in [-0.15, -0.1) is 0 Å². The van der Waals surface area contributed by atoms with E-state index in [9.17, 15) is 0 Å². The summed E-state index contributed by atoms with van der Waals surface area (Å²) in [6.07, 6.45) is 3.26. The molecule has 1 aliphatic rings. The zero-order valence-electron chi connectivity index (χ0n) is 12.1. The van der Waals surface area contributed by atoms with E-state index in [-0.39, 0.29) is 5.54 Å². The minimum atomic E-state index is -0.0529. The van der Waals surface area contributed by atoms with E-state index in [0.29, 0.717) is 0 Å². The summed E-state index contributed by atoms with van der Waals surface area (Å²) in [5.74, 6) is 1.65.